The lowest BCUT2D eigenvalue weighted by Crippen LogP contribution is -2.35. The van der Waals surface area contributed by atoms with Crippen LogP contribution < -0.4 is 5.32 Å². The molecule has 1 aliphatic heterocycles. The molecule has 1 atom stereocenters. The number of carbonyl (C=O) groups excluding carboxylic acids is 2. The summed E-state index contributed by atoms with van der Waals surface area (Å²) < 4.78 is 0. The van der Waals surface area contributed by atoms with E-state index in [9.17, 15) is 14.7 Å². The molecule has 5 heteroatoms. The number of nitrogens with one attached hydrogen (secondary N) is 1. The van der Waals surface area contributed by atoms with E-state index in [0.717, 1.165) is 6.42 Å². The third-order valence-corrected chi connectivity index (χ3v) is 3.01. The van der Waals surface area contributed by atoms with Crippen molar-refractivity contribution in [1.29, 1.82) is 0 Å². The van der Waals surface area contributed by atoms with Crippen LogP contribution in [-0.2, 0) is 9.59 Å². The van der Waals surface area contributed by atoms with E-state index in [1.165, 1.54) is 17.1 Å². The van der Waals surface area contributed by atoms with Crippen LogP contribution >= 0.6 is 0 Å². The molecule has 1 heterocycles. The quantitative estimate of drug-likeness (QED) is 0.756. The fourth-order valence-electron chi connectivity index (χ4n) is 1.82. The molecule has 0 radical (unpaired) electrons. The molecule has 0 aromatic heterocycles. The summed E-state index contributed by atoms with van der Waals surface area (Å²) in [5, 5.41) is 12.3. The van der Waals surface area contributed by atoms with Crippen molar-refractivity contribution in [3.8, 4) is 0 Å². The first kappa shape index (κ1) is 15.7. The van der Waals surface area contributed by atoms with Crippen molar-refractivity contribution in [2.24, 2.45) is 5.41 Å². The zero-order valence-corrected chi connectivity index (χ0v) is 12.0. The third kappa shape index (κ3) is 5.87. The van der Waals surface area contributed by atoms with E-state index >= 15 is 0 Å². The molecule has 108 valence electrons. The summed E-state index contributed by atoms with van der Waals surface area (Å²) in [6.45, 7) is 7.47. The molecule has 0 aromatic carbocycles. The van der Waals surface area contributed by atoms with Crippen molar-refractivity contribution >= 4 is 11.8 Å². The van der Waals surface area contributed by atoms with Gasteiger partial charge in [0.1, 0.15) is 6.23 Å². The van der Waals surface area contributed by atoms with Crippen molar-refractivity contribution in [3.63, 3.8) is 0 Å². The number of nitrogens with zero attached hydrogens (tertiary/aromatic N) is 1. The Kier molecular flexibility index (Phi) is 5.54. The van der Waals surface area contributed by atoms with Gasteiger partial charge >= 0.3 is 0 Å². The van der Waals surface area contributed by atoms with Crippen LogP contribution in [0.4, 0.5) is 0 Å². The maximum atomic E-state index is 11.6. The molecule has 0 fully saturated rings. The van der Waals surface area contributed by atoms with Crippen LogP contribution in [-0.4, -0.2) is 41.1 Å². The third-order valence-electron chi connectivity index (χ3n) is 3.01. The molecule has 2 amide bonds. The highest BCUT2D eigenvalue weighted by molar-refractivity contribution is 5.90. The fourth-order valence-corrected chi connectivity index (χ4v) is 1.82. The van der Waals surface area contributed by atoms with Crippen LogP contribution in [0, 0.1) is 5.41 Å². The zero-order chi connectivity index (χ0) is 14.5. The normalized spacial score (nSPS) is 19.1. The van der Waals surface area contributed by atoms with Gasteiger partial charge in [-0.2, -0.15) is 0 Å². The van der Waals surface area contributed by atoms with Crippen molar-refractivity contribution in [3.05, 3.63) is 12.2 Å². The first-order chi connectivity index (χ1) is 8.79. The second-order valence-corrected chi connectivity index (χ2v) is 6.07. The van der Waals surface area contributed by atoms with E-state index in [4.69, 9.17) is 0 Å². The van der Waals surface area contributed by atoms with E-state index in [1.807, 2.05) is 0 Å². The topological polar surface area (TPSA) is 69.6 Å². The predicted octanol–water partition coefficient (Wildman–Crippen LogP) is 1.04. The van der Waals surface area contributed by atoms with Crippen molar-refractivity contribution in [2.45, 2.75) is 46.3 Å². The number of aliphatic hydroxyl groups excluding tert-OH is 1. The molecule has 19 heavy (non-hydrogen) atoms. The van der Waals surface area contributed by atoms with Crippen LogP contribution in [0.15, 0.2) is 12.2 Å². The Morgan fingerprint density at radius 1 is 1.47 bits per heavy atom. The summed E-state index contributed by atoms with van der Waals surface area (Å²) in [5.74, 6) is -0.195. The summed E-state index contributed by atoms with van der Waals surface area (Å²) in [6.07, 6.45) is 3.84. The molecular weight excluding hydrogens is 244 g/mol. The van der Waals surface area contributed by atoms with E-state index in [2.05, 4.69) is 26.1 Å². The largest absolute Gasteiger partial charge is 0.370 e. The standard InChI is InChI=1S/C14H24N2O3/c1-14(2,3)8-9-15-11(17)5-4-10-16-12(18)6-7-13(16)19/h6-7,12,18H,4-5,8-10H2,1-3H3,(H,15,17). The Balaban J connectivity index is 2.12. The second-order valence-electron chi connectivity index (χ2n) is 6.07. The number of amides is 2. The summed E-state index contributed by atoms with van der Waals surface area (Å²) in [5.41, 5.74) is 0.213. The van der Waals surface area contributed by atoms with Crippen LogP contribution in [0.3, 0.4) is 0 Å². The smallest absolute Gasteiger partial charge is 0.248 e. The predicted molar refractivity (Wildman–Crippen MR) is 73.2 cm³/mol. The average molecular weight is 268 g/mol. The van der Waals surface area contributed by atoms with Gasteiger partial charge < -0.3 is 15.3 Å². The molecule has 0 aliphatic carbocycles. The summed E-state index contributed by atoms with van der Waals surface area (Å²) in [4.78, 5) is 24.2. The van der Waals surface area contributed by atoms with Crippen LogP contribution in [0.1, 0.15) is 40.0 Å². The van der Waals surface area contributed by atoms with E-state index in [1.54, 1.807) is 0 Å². The lowest BCUT2D eigenvalue weighted by atomic mass is 9.92. The molecule has 0 aromatic rings. The summed E-state index contributed by atoms with van der Waals surface area (Å²) in [7, 11) is 0. The Bertz CT molecular complexity index is 358. The van der Waals surface area contributed by atoms with Crippen LogP contribution in [0.2, 0.25) is 0 Å². The first-order valence-electron chi connectivity index (χ1n) is 6.73. The highest BCUT2D eigenvalue weighted by Crippen LogP contribution is 2.17. The maximum Gasteiger partial charge on any atom is 0.248 e. The minimum absolute atomic E-state index is 0.00153. The molecule has 1 aliphatic rings. The minimum Gasteiger partial charge on any atom is -0.370 e. The van der Waals surface area contributed by atoms with Gasteiger partial charge in [-0.3, -0.25) is 9.59 Å². The SMILES string of the molecule is CC(C)(C)CCNC(=O)CCCN1C(=O)C=CC1O. The van der Waals surface area contributed by atoms with Gasteiger partial charge in [0, 0.05) is 25.6 Å². The molecule has 0 saturated heterocycles. The van der Waals surface area contributed by atoms with Gasteiger partial charge in [0.05, 0.1) is 0 Å². The number of aliphatic hydroxyl groups is 1. The van der Waals surface area contributed by atoms with Crippen molar-refractivity contribution in [1.82, 2.24) is 10.2 Å². The Morgan fingerprint density at radius 2 is 2.16 bits per heavy atom. The van der Waals surface area contributed by atoms with E-state index in [0.29, 0.717) is 25.9 Å². The van der Waals surface area contributed by atoms with Gasteiger partial charge in [0.2, 0.25) is 11.8 Å². The van der Waals surface area contributed by atoms with E-state index in [-0.39, 0.29) is 17.2 Å². The van der Waals surface area contributed by atoms with Crippen LogP contribution in [0.5, 0.6) is 0 Å². The molecule has 0 bridgehead atoms. The molecule has 1 unspecified atom stereocenters. The Hall–Kier alpha value is -1.36. The highest BCUT2D eigenvalue weighted by atomic mass is 16.3. The van der Waals surface area contributed by atoms with Crippen LogP contribution in [0.25, 0.3) is 0 Å². The minimum atomic E-state index is -0.837. The molecular formula is C14H24N2O3. The van der Waals surface area contributed by atoms with Crippen molar-refractivity contribution < 1.29 is 14.7 Å². The lowest BCUT2D eigenvalue weighted by Gasteiger charge is -2.20. The van der Waals surface area contributed by atoms with Gasteiger partial charge in [0.15, 0.2) is 0 Å². The second kappa shape index (κ2) is 6.70. The molecule has 0 saturated carbocycles. The number of hydrogen-bond donors (Lipinski definition) is 2. The Morgan fingerprint density at radius 3 is 2.68 bits per heavy atom. The summed E-state index contributed by atoms with van der Waals surface area (Å²) >= 11 is 0. The fraction of sp³-hybridized carbons (Fsp3) is 0.714. The van der Waals surface area contributed by atoms with Gasteiger partial charge in [0.25, 0.3) is 0 Å². The monoisotopic (exact) mass is 268 g/mol. The zero-order valence-electron chi connectivity index (χ0n) is 12.0. The average Bonchev–Trinajstić information content (AvgIpc) is 2.58. The molecule has 1 rings (SSSR count). The lowest BCUT2D eigenvalue weighted by molar-refractivity contribution is -0.131. The number of hydrogen-bond acceptors (Lipinski definition) is 3. The molecule has 5 nitrogen and oxygen atoms in total. The van der Waals surface area contributed by atoms with Crippen molar-refractivity contribution in [2.75, 3.05) is 13.1 Å². The van der Waals surface area contributed by atoms with Gasteiger partial charge in [-0.15, -0.1) is 0 Å². The summed E-state index contributed by atoms with van der Waals surface area (Å²) in [6, 6.07) is 0. The highest BCUT2D eigenvalue weighted by Gasteiger charge is 2.22. The van der Waals surface area contributed by atoms with Gasteiger partial charge in [-0.05, 0) is 24.3 Å². The van der Waals surface area contributed by atoms with E-state index < -0.39 is 6.23 Å². The molecule has 0 spiro atoms. The number of rotatable bonds is 6. The maximum absolute atomic E-state index is 11.6. The van der Waals surface area contributed by atoms with Gasteiger partial charge in [-0.25, -0.2) is 0 Å². The number of carbonyl (C=O) groups is 2. The molecule has 2 N–H and O–H groups in total. The first-order valence-corrected chi connectivity index (χ1v) is 6.73. The Labute approximate surface area is 114 Å². The van der Waals surface area contributed by atoms with Gasteiger partial charge in [-0.1, -0.05) is 20.8 Å².